The Morgan fingerprint density at radius 2 is 2.07 bits per heavy atom. The first kappa shape index (κ1) is 11.5. The molecule has 1 rings (SSSR count). The van der Waals surface area contributed by atoms with E-state index in [0.29, 0.717) is 0 Å². The first-order valence-electron chi connectivity index (χ1n) is 3.37. The second-order valence-corrected chi connectivity index (χ2v) is 3.93. The van der Waals surface area contributed by atoms with Crippen molar-refractivity contribution in [3.05, 3.63) is 26.4 Å². The lowest BCUT2D eigenvalue weighted by molar-refractivity contribution is 0.0984. The fourth-order valence-electron chi connectivity index (χ4n) is 0.918. The number of hydrogen-bond acceptors (Lipinski definition) is 2. The molecule has 0 saturated heterocycles. The predicted octanol–water partition coefficient (Wildman–Crippen LogP) is 2.64. The number of nitrogens with two attached hydrogens (primary N) is 1. The molecule has 0 aliphatic carbocycles. The highest BCUT2D eigenvalue weighted by molar-refractivity contribution is 9.11. The normalized spacial score (nSPS) is 10.6. The Balaban J connectivity index is 3.44. The highest BCUT2D eigenvalue weighted by Gasteiger charge is 2.21. The fourth-order valence-corrected chi connectivity index (χ4v) is 2.19. The fraction of sp³-hybridized carbons (Fsp3) is 0.143. The SMILES string of the molecule is NC(=O)c1c(C(F)F)cc(Br)nc1Br. The van der Waals surface area contributed by atoms with Gasteiger partial charge in [-0.15, -0.1) is 0 Å². The Hall–Kier alpha value is -0.560. The molecule has 0 atom stereocenters. The quantitative estimate of drug-likeness (QED) is 0.848. The van der Waals surface area contributed by atoms with Gasteiger partial charge < -0.3 is 5.73 Å². The van der Waals surface area contributed by atoms with E-state index in [1.807, 2.05) is 0 Å². The van der Waals surface area contributed by atoms with Gasteiger partial charge in [0.1, 0.15) is 9.21 Å². The minimum Gasteiger partial charge on any atom is -0.366 e. The molecule has 3 nitrogen and oxygen atoms in total. The van der Waals surface area contributed by atoms with Crippen molar-refractivity contribution in [2.45, 2.75) is 6.43 Å². The van der Waals surface area contributed by atoms with E-state index in [9.17, 15) is 13.6 Å². The number of primary amides is 1. The van der Waals surface area contributed by atoms with Crippen molar-refractivity contribution in [1.29, 1.82) is 0 Å². The summed E-state index contributed by atoms with van der Waals surface area (Å²) >= 11 is 5.83. The van der Waals surface area contributed by atoms with Crippen LogP contribution in [0.25, 0.3) is 0 Å². The van der Waals surface area contributed by atoms with E-state index in [-0.39, 0.29) is 14.8 Å². The van der Waals surface area contributed by atoms with Gasteiger partial charge in [0.15, 0.2) is 0 Å². The molecule has 1 amide bonds. The second-order valence-electron chi connectivity index (χ2n) is 2.36. The van der Waals surface area contributed by atoms with Crippen LogP contribution in [0.4, 0.5) is 8.78 Å². The van der Waals surface area contributed by atoms with Crippen LogP contribution in [-0.2, 0) is 0 Å². The van der Waals surface area contributed by atoms with Gasteiger partial charge in [-0.3, -0.25) is 4.79 Å². The highest BCUT2D eigenvalue weighted by Crippen LogP contribution is 2.29. The second kappa shape index (κ2) is 4.31. The lowest BCUT2D eigenvalue weighted by atomic mass is 10.1. The maximum Gasteiger partial charge on any atom is 0.264 e. The van der Waals surface area contributed by atoms with Crippen LogP contribution in [0.5, 0.6) is 0 Å². The molecule has 0 aliphatic heterocycles. The van der Waals surface area contributed by atoms with Crippen LogP contribution in [0, 0.1) is 0 Å². The van der Waals surface area contributed by atoms with Gasteiger partial charge in [0.2, 0.25) is 0 Å². The van der Waals surface area contributed by atoms with Crippen LogP contribution < -0.4 is 5.73 Å². The van der Waals surface area contributed by atoms with Crippen LogP contribution in [0.3, 0.4) is 0 Å². The summed E-state index contributed by atoms with van der Waals surface area (Å²) in [6.07, 6.45) is -2.77. The molecule has 2 N–H and O–H groups in total. The lowest BCUT2D eigenvalue weighted by Crippen LogP contribution is -2.15. The van der Waals surface area contributed by atoms with Crippen LogP contribution in [0.1, 0.15) is 22.3 Å². The van der Waals surface area contributed by atoms with Crippen molar-refractivity contribution >= 4 is 37.8 Å². The zero-order valence-electron chi connectivity index (χ0n) is 6.60. The van der Waals surface area contributed by atoms with Crippen molar-refractivity contribution in [2.75, 3.05) is 0 Å². The van der Waals surface area contributed by atoms with E-state index in [0.717, 1.165) is 6.07 Å². The summed E-state index contributed by atoms with van der Waals surface area (Å²) in [4.78, 5) is 14.6. The number of halogens is 4. The molecule has 0 saturated carbocycles. The monoisotopic (exact) mass is 328 g/mol. The summed E-state index contributed by atoms with van der Waals surface area (Å²) in [6.45, 7) is 0. The highest BCUT2D eigenvalue weighted by atomic mass is 79.9. The third kappa shape index (κ3) is 2.27. The number of nitrogens with zero attached hydrogens (tertiary/aromatic N) is 1. The number of alkyl halides is 2. The van der Waals surface area contributed by atoms with E-state index in [1.165, 1.54) is 0 Å². The zero-order valence-corrected chi connectivity index (χ0v) is 9.77. The molecular weight excluding hydrogens is 326 g/mol. The molecule has 7 heteroatoms. The predicted molar refractivity (Wildman–Crippen MR) is 53.1 cm³/mol. The Bertz CT molecular complexity index is 384. The Morgan fingerprint density at radius 3 is 2.50 bits per heavy atom. The smallest absolute Gasteiger partial charge is 0.264 e. The summed E-state index contributed by atoms with van der Waals surface area (Å²) < 4.78 is 25.2. The van der Waals surface area contributed by atoms with Crippen LogP contribution in [-0.4, -0.2) is 10.9 Å². The topological polar surface area (TPSA) is 56.0 Å². The number of pyridine rings is 1. The van der Waals surface area contributed by atoms with Crippen LogP contribution >= 0.6 is 31.9 Å². The van der Waals surface area contributed by atoms with Crippen molar-refractivity contribution in [1.82, 2.24) is 4.98 Å². The van der Waals surface area contributed by atoms with Gasteiger partial charge in [-0.2, -0.15) is 0 Å². The lowest BCUT2D eigenvalue weighted by Gasteiger charge is -2.07. The maximum absolute atomic E-state index is 12.5. The summed E-state index contributed by atoms with van der Waals surface area (Å²) in [6, 6.07) is 1.06. The standard InChI is InChI=1S/C7H4Br2F2N2O/c8-3-1-2(6(10)11)4(7(12)14)5(9)13-3/h1,6H,(H2,12,14). The summed E-state index contributed by atoms with van der Waals surface area (Å²) in [7, 11) is 0. The summed E-state index contributed by atoms with van der Waals surface area (Å²) in [5, 5.41) is 0. The molecule has 1 aromatic rings. The average Bonchev–Trinajstić information content (AvgIpc) is 2.01. The molecule has 1 heterocycles. The number of rotatable bonds is 2. The van der Waals surface area contributed by atoms with Gasteiger partial charge in [0, 0.05) is 5.56 Å². The van der Waals surface area contributed by atoms with Crippen LogP contribution in [0.15, 0.2) is 15.3 Å². The zero-order chi connectivity index (χ0) is 10.9. The molecule has 0 unspecified atom stereocenters. The summed E-state index contributed by atoms with van der Waals surface area (Å²) in [5.74, 6) is -0.938. The molecule has 14 heavy (non-hydrogen) atoms. The maximum atomic E-state index is 12.5. The molecular formula is C7H4Br2F2N2O. The number of carbonyl (C=O) groups is 1. The van der Waals surface area contributed by atoms with Gasteiger partial charge in [0.05, 0.1) is 5.56 Å². The van der Waals surface area contributed by atoms with E-state index in [4.69, 9.17) is 5.73 Å². The van der Waals surface area contributed by atoms with E-state index >= 15 is 0 Å². The van der Waals surface area contributed by atoms with Gasteiger partial charge in [-0.25, -0.2) is 13.8 Å². The molecule has 0 spiro atoms. The average molecular weight is 330 g/mol. The molecule has 0 aromatic carbocycles. The number of hydrogen-bond donors (Lipinski definition) is 1. The van der Waals surface area contributed by atoms with Crippen LogP contribution in [0.2, 0.25) is 0 Å². The van der Waals surface area contributed by atoms with Gasteiger partial charge in [-0.1, -0.05) is 0 Å². The summed E-state index contributed by atoms with van der Waals surface area (Å²) in [5.41, 5.74) is 4.22. The molecule has 0 fully saturated rings. The third-order valence-electron chi connectivity index (χ3n) is 1.46. The Kier molecular flexibility index (Phi) is 3.54. The number of amides is 1. The van der Waals surface area contributed by atoms with Crippen molar-refractivity contribution < 1.29 is 13.6 Å². The number of carbonyl (C=O) groups excluding carboxylic acids is 1. The van der Waals surface area contributed by atoms with Gasteiger partial charge in [-0.05, 0) is 37.9 Å². The molecule has 0 bridgehead atoms. The van der Waals surface area contributed by atoms with Crippen molar-refractivity contribution in [2.24, 2.45) is 5.73 Å². The van der Waals surface area contributed by atoms with E-state index < -0.39 is 17.9 Å². The largest absolute Gasteiger partial charge is 0.366 e. The molecule has 1 aromatic heterocycles. The van der Waals surface area contributed by atoms with Gasteiger partial charge in [0.25, 0.3) is 12.3 Å². The first-order valence-corrected chi connectivity index (χ1v) is 4.96. The van der Waals surface area contributed by atoms with Gasteiger partial charge >= 0.3 is 0 Å². The Morgan fingerprint density at radius 1 is 1.50 bits per heavy atom. The van der Waals surface area contributed by atoms with E-state index in [2.05, 4.69) is 36.8 Å². The molecule has 76 valence electrons. The minimum absolute atomic E-state index is 0.00896. The van der Waals surface area contributed by atoms with Crippen molar-refractivity contribution in [3.8, 4) is 0 Å². The molecule has 0 radical (unpaired) electrons. The minimum atomic E-state index is -2.77. The first-order chi connectivity index (χ1) is 6.43. The van der Waals surface area contributed by atoms with E-state index in [1.54, 1.807) is 0 Å². The number of aromatic nitrogens is 1. The third-order valence-corrected chi connectivity index (χ3v) is 2.44. The van der Waals surface area contributed by atoms with Crippen molar-refractivity contribution in [3.63, 3.8) is 0 Å². The Labute approximate surface area is 94.9 Å². The molecule has 0 aliphatic rings.